The second kappa shape index (κ2) is 6.71. The fourth-order valence-electron chi connectivity index (χ4n) is 2.23. The normalized spacial score (nSPS) is 14.0. The third-order valence-electron chi connectivity index (χ3n) is 3.28. The van der Waals surface area contributed by atoms with Gasteiger partial charge in [-0.05, 0) is 35.9 Å². The Labute approximate surface area is 131 Å². The molecule has 2 atom stereocenters. The van der Waals surface area contributed by atoms with Gasteiger partial charge in [0.2, 0.25) is 0 Å². The maximum atomic E-state index is 13.8. The molecule has 0 heterocycles. The van der Waals surface area contributed by atoms with E-state index >= 15 is 0 Å². The van der Waals surface area contributed by atoms with E-state index in [1.165, 1.54) is 0 Å². The van der Waals surface area contributed by atoms with Crippen molar-refractivity contribution in [3.8, 4) is 0 Å². The molecule has 0 fully saturated rings. The molecule has 2 nitrogen and oxygen atoms in total. The Morgan fingerprint density at radius 1 is 1.10 bits per heavy atom. The molecule has 2 unspecified atom stereocenters. The van der Waals surface area contributed by atoms with Crippen LogP contribution in [-0.2, 0) is 0 Å². The summed E-state index contributed by atoms with van der Waals surface area (Å²) in [6.07, 6.45) is -1.36. The van der Waals surface area contributed by atoms with Crippen LogP contribution >= 0.6 is 23.2 Å². The Morgan fingerprint density at radius 2 is 1.71 bits per heavy atom. The van der Waals surface area contributed by atoms with Gasteiger partial charge in [-0.15, -0.1) is 0 Å². The minimum Gasteiger partial charge on any atom is -0.388 e. The van der Waals surface area contributed by atoms with Crippen LogP contribution in [0.3, 0.4) is 0 Å². The smallest absolute Gasteiger partial charge is 0.129 e. The van der Waals surface area contributed by atoms with Crippen LogP contribution in [0.15, 0.2) is 36.4 Å². The highest BCUT2D eigenvalue weighted by Crippen LogP contribution is 2.39. The fraction of sp³-hybridized carbons (Fsp3) is 0.200. The molecule has 6 heteroatoms. The summed E-state index contributed by atoms with van der Waals surface area (Å²) < 4.78 is 27.1. The Hall–Kier alpha value is -1.20. The Morgan fingerprint density at radius 3 is 2.29 bits per heavy atom. The maximum Gasteiger partial charge on any atom is 0.129 e. The molecule has 0 aromatic heterocycles. The quantitative estimate of drug-likeness (QED) is 0.887. The van der Waals surface area contributed by atoms with E-state index < -0.39 is 23.7 Å². The molecule has 0 spiro atoms. The second-order valence-corrected chi connectivity index (χ2v) is 5.40. The molecule has 0 aliphatic heterocycles. The number of rotatable bonds is 4. The molecule has 2 aromatic carbocycles. The summed E-state index contributed by atoms with van der Waals surface area (Å²) in [6.45, 7) is -0.0272. The zero-order valence-corrected chi connectivity index (χ0v) is 12.4. The first kappa shape index (κ1) is 16.2. The molecule has 0 aliphatic carbocycles. The lowest BCUT2D eigenvalue weighted by atomic mass is 9.88. The predicted molar refractivity (Wildman–Crippen MR) is 79.6 cm³/mol. The summed E-state index contributed by atoms with van der Waals surface area (Å²) in [4.78, 5) is 0. The first-order valence-corrected chi connectivity index (χ1v) is 6.98. The first-order chi connectivity index (χ1) is 9.95. The number of hydrogen-bond acceptors (Lipinski definition) is 2. The summed E-state index contributed by atoms with van der Waals surface area (Å²) in [5.41, 5.74) is 5.91. The zero-order chi connectivity index (χ0) is 15.6. The van der Waals surface area contributed by atoms with E-state index in [2.05, 4.69) is 0 Å². The van der Waals surface area contributed by atoms with Gasteiger partial charge in [0.25, 0.3) is 0 Å². The van der Waals surface area contributed by atoms with Gasteiger partial charge in [0.05, 0.1) is 6.10 Å². The summed E-state index contributed by atoms with van der Waals surface area (Å²) in [7, 11) is 0. The van der Waals surface area contributed by atoms with Crippen molar-refractivity contribution in [3.63, 3.8) is 0 Å². The van der Waals surface area contributed by atoms with Crippen molar-refractivity contribution >= 4 is 23.2 Å². The minimum atomic E-state index is -1.36. The van der Waals surface area contributed by atoms with Gasteiger partial charge in [-0.2, -0.15) is 0 Å². The molecule has 112 valence electrons. The average molecular weight is 332 g/mol. The van der Waals surface area contributed by atoms with Gasteiger partial charge in [-0.3, -0.25) is 0 Å². The van der Waals surface area contributed by atoms with Crippen LogP contribution in [0, 0.1) is 11.6 Å². The van der Waals surface area contributed by atoms with Gasteiger partial charge in [-0.25, -0.2) is 8.78 Å². The minimum absolute atomic E-state index is 0.0272. The van der Waals surface area contributed by atoms with E-state index in [0.29, 0.717) is 15.6 Å². The van der Waals surface area contributed by atoms with Crippen LogP contribution in [0.25, 0.3) is 0 Å². The number of nitrogens with two attached hydrogens (primary N) is 1. The lowest BCUT2D eigenvalue weighted by molar-refractivity contribution is 0.142. The number of halogens is 4. The highest BCUT2D eigenvalue weighted by atomic mass is 35.5. The molecular weight excluding hydrogens is 319 g/mol. The molecule has 0 amide bonds. The van der Waals surface area contributed by atoms with Crippen LogP contribution in [0.5, 0.6) is 0 Å². The fourth-order valence-corrected chi connectivity index (χ4v) is 2.91. The van der Waals surface area contributed by atoms with E-state index in [-0.39, 0.29) is 12.1 Å². The monoisotopic (exact) mass is 331 g/mol. The van der Waals surface area contributed by atoms with Crippen molar-refractivity contribution in [1.29, 1.82) is 0 Å². The van der Waals surface area contributed by atoms with Crippen molar-refractivity contribution in [2.24, 2.45) is 5.73 Å². The summed E-state index contributed by atoms with van der Waals surface area (Å²) >= 11 is 12.2. The van der Waals surface area contributed by atoms with E-state index in [9.17, 15) is 13.9 Å². The molecular formula is C15H13Cl2F2NO. The van der Waals surface area contributed by atoms with E-state index in [1.54, 1.807) is 18.2 Å². The van der Waals surface area contributed by atoms with Crippen LogP contribution < -0.4 is 5.73 Å². The molecule has 3 N–H and O–H groups in total. The first-order valence-electron chi connectivity index (χ1n) is 6.22. The molecule has 0 aliphatic rings. The highest BCUT2D eigenvalue weighted by Gasteiger charge is 2.27. The Kier molecular flexibility index (Phi) is 5.17. The summed E-state index contributed by atoms with van der Waals surface area (Å²) in [5.74, 6) is -2.11. The van der Waals surface area contributed by atoms with Crippen LogP contribution in [0.2, 0.25) is 10.0 Å². The van der Waals surface area contributed by atoms with Crippen LogP contribution in [0.4, 0.5) is 8.78 Å². The number of benzene rings is 2. The van der Waals surface area contributed by atoms with Crippen molar-refractivity contribution in [3.05, 3.63) is 69.2 Å². The van der Waals surface area contributed by atoms with E-state index in [0.717, 1.165) is 18.2 Å². The second-order valence-electron chi connectivity index (χ2n) is 4.59. The van der Waals surface area contributed by atoms with Gasteiger partial charge in [0.1, 0.15) is 11.6 Å². The number of aliphatic hydroxyl groups is 1. The third-order valence-corrected chi connectivity index (χ3v) is 3.94. The van der Waals surface area contributed by atoms with Crippen LogP contribution in [0.1, 0.15) is 23.1 Å². The maximum absolute atomic E-state index is 13.8. The zero-order valence-electron chi connectivity index (χ0n) is 10.9. The molecule has 2 rings (SSSR count). The largest absolute Gasteiger partial charge is 0.388 e. The third kappa shape index (κ3) is 3.35. The van der Waals surface area contributed by atoms with E-state index in [1.807, 2.05) is 0 Å². The summed E-state index contributed by atoms with van der Waals surface area (Å²) in [6, 6.07) is 7.71. The van der Waals surface area contributed by atoms with Crippen molar-refractivity contribution in [2.45, 2.75) is 12.0 Å². The van der Waals surface area contributed by atoms with E-state index in [4.69, 9.17) is 28.9 Å². The molecule has 0 bridgehead atoms. The van der Waals surface area contributed by atoms with Crippen LogP contribution in [-0.4, -0.2) is 11.7 Å². The van der Waals surface area contributed by atoms with Gasteiger partial charge < -0.3 is 10.8 Å². The number of aliphatic hydroxyl groups excluding tert-OH is 1. The molecule has 0 radical (unpaired) electrons. The average Bonchev–Trinajstić information content (AvgIpc) is 2.45. The Balaban J connectivity index is 2.48. The molecule has 0 saturated heterocycles. The van der Waals surface area contributed by atoms with Crippen molar-refractivity contribution in [2.75, 3.05) is 6.54 Å². The van der Waals surface area contributed by atoms with Gasteiger partial charge in [0.15, 0.2) is 0 Å². The SMILES string of the molecule is NCC(c1c(Cl)cccc1Cl)C(O)c1cc(F)ccc1F. The highest BCUT2D eigenvalue weighted by molar-refractivity contribution is 6.36. The van der Waals surface area contributed by atoms with Gasteiger partial charge in [0, 0.05) is 28.1 Å². The molecule has 21 heavy (non-hydrogen) atoms. The summed E-state index contributed by atoms with van der Waals surface area (Å²) in [5, 5.41) is 11.0. The molecule has 2 aromatic rings. The van der Waals surface area contributed by atoms with Gasteiger partial charge in [-0.1, -0.05) is 29.3 Å². The lowest BCUT2D eigenvalue weighted by Crippen LogP contribution is -2.21. The van der Waals surface area contributed by atoms with Gasteiger partial charge >= 0.3 is 0 Å². The Bertz CT molecular complexity index is 631. The number of hydrogen-bond donors (Lipinski definition) is 2. The topological polar surface area (TPSA) is 46.2 Å². The lowest BCUT2D eigenvalue weighted by Gasteiger charge is -2.24. The van der Waals surface area contributed by atoms with Crippen molar-refractivity contribution in [1.82, 2.24) is 0 Å². The van der Waals surface area contributed by atoms with Crippen molar-refractivity contribution < 1.29 is 13.9 Å². The predicted octanol–water partition coefficient (Wildman–Crippen LogP) is 4.05. The standard InChI is InChI=1S/C15H13Cl2F2NO/c16-11-2-1-3-12(17)14(11)10(7-20)15(21)9-6-8(18)4-5-13(9)19/h1-6,10,15,21H,7,20H2. The molecule has 0 saturated carbocycles.